The third-order valence-corrected chi connectivity index (χ3v) is 1.96. The molecule has 2 aromatic rings. The Balaban J connectivity index is 2.56. The lowest BCUT2D eigenvalue weighted by Crippen LogP contribution is -2.06. The van der Waals surface area contributed by atoms with Gasteiger partial charge in [0.15, 0.2) is 16.3 Å². The molecule has 2 rings (SSSR count). The van der Waals surface area contributed by atoms with E-state index in [1.54, 1.807) is 12.1 Å². The van der Waals surface area contributed by atoms with E-state index in [1.165, 1.54) is 0 Å². The number of aromatic amines is 1. The van der Waals surface area contributed by atoms with Gasteiger partial charge < -0.3 is 14.5 Å². The maximum Gasteiger partial charge on any atom is 0.255 e. The zero-order chi connectivity index (χ0) is 10.1. The fourth-order valence-electron chi connectivity index (χ4n) is 1.00. The summed E-state index contributed by atoms with van der Waals surface area (Å²) in [7, 11) is 0. The van der Waals surface area contributed by atoms with Gasteiger partial charge in [-0.05, 0) is 28.1 Å². The molecule has 0 atom stereocenters. The van der Waals surface area contributed by atoms with Crippen LogP contribution >= 0.6 is 15.9 Å². The van der Waals surface area contributed by atoms with E-state index in [2.05, 4.69) is 25.9 Å². The van der Waals surface area contributed by atoms with Crippen LogP contribution in [-0.4, -0.2) is 15.1 Å². The first kappa shape index (κ1) is 9.01. The van der Waals surface area contributed by atoms with Crippen molar-refractivity contribution >= 4 is 15.9 Å². The van der Waals surface area contributed by atoms with Crippen molar-refractivity contribution in [3.8, 4) is 17.5 Å². The second-order valence-corrected chi connectivity index (χ2v) is 3.34. The van der Waals surface area contributed by atoms with Crippen molar-refractivity contribution in [2.24, 2.45) is 0 Å². The molecule has 0 unspecified atom stereocenters. The summed E-state index contributed by atoms with van der Waals surface area (Å²) in [6.45, 7) is 0. The molecule has 0 aliphatic rings. The minimum Gasteiger partial charge on any atom is -0.493 e. The largest absolute Gasteiger partial charge is 0.493 e. The number of aromatic nitrogens is 2. The number of H-pyrrole nitrogens is 1. The third-order valence-electron chi connectivity index (χ3n) is 1.53. The maximum absolute atomic E-state index is 11.0. The Morgan fingerprint density at radius 2 is 2.29 bits per heavy atom. The Labute approximate surface area is 86.5 Å². The normalized spacial score (nSPS) is 10.4. The summed E-state index contributed by atoms with van der Waals surface area (Å²) in [5.41, 5.74) is -0.431. The highest BCUT2D eigenvalue weighted by atomic mass is 79.9. The molecule has 0 aromatic carbocycles. The molecule has 72 valence electrons. The van der Waals surface area contributed by atoms with Gasteiger partial charge in [-0.25, -0.2) is 0 Å². The molecule has 0 spiro atoms. The predicted molar refractivity (Wildman–Crippen MR) is 51.9 cm³/mol. The zero-order valence-electron chi connectivity index (χ0n) is 6.82. The fourth-order valence-corrected chi connectivity index (χ4v) is 1.31. The van der Waals surface area contributed by atoms with E-state index in [-0.39, 0.29) is 11.7 Å². The molecule has 2 aromatic heterocycles. The summed E-state index contributed by atoms with van der Waals surface area (Å²) in [6.07, 6.45) is 0. The van der Waals surface area contributed by atoms with Gasteiger partial charge in [0.2, 0.25) is 5.88 Å². The van der Waals surface area contributed by atoms with Crippen LogP contribution in [0, 0.1) is 0 Å². The molecule has 0 fully saturated rings. The van der Waals surface area contributed by atoms with Gasteiger partial charge in [0.25, 0.3) is 5.56 Å². The molecule has 6 heteroatoms. The van der Waals surface area contributed by atoms with E-state index < -0.39 is 5.56 Å². The monoisotopic (exact) mass is 256 g/mol. The molecular formula is C8H5BrN2O3. The van der Waals surface area contributed by atoms with Gasteiger partial charge in [0.05, 0.1) is 6.07 Å². The number of rotatable bonds is 1. The van der Waals surface area contributed by atoms with Crippen molar-refractivity contribution in [2.75, 3.05) is 0 Å². The lowest BCUT2D eigenvalue weighted by Gasteiger charge is -1.95. The molecule has 2 N–H and O–H groups in total. The molecule has 0 aliphatic heterocycles. The number of hydrogen-bond donors (Lipinski definition) is 2. The summed E-state index contributed by atoms with van der Waals surface area (Å²) < 4.78 is 5.68. The average Bonchev–Trinajstić information content (AvgIpc) is 2.50. The van der Waals surface area contributed by atoms with Crippen molar-refractivity contribution < 1.29 is 9.52 Å². The van der Waals surface area contributed by atoms with E-state index in [9.17, 15) is 4.79 Å². The Kier molecular flexibility index (Phi) is 2.12. The molecule has 2 heterocycles. The number of hydrogen-bond acceptors (Lipinski definition) is 4. The Hall–Kier alpha value is -1.56. The second kappa shape index (κ2) is 3.30. The minimum atomic E-state index is -0.431. The van der Waals surface area contributed by atoms with E-state index >= 15 is 0 Å². The summed E-state index contributed by atoms with van der Waals surface area (Å²) in [6, 6.07) is 4.28. The van der Waals surface area contributed by atoms with E-state index in [4.69, 9.17) is 9.52 Å². The number of nitrogens with one attached hydrogen (secondary N) is 1. The van der Waals surface area contributed by atoms with Crippen molar-refractivity contribution in [3.05, 3.63) is 33.2 Å². The molecule has 0 bridgehead atoms. The lowest BCUT2D eigenvalue weighted by atomic mass is 10.4. The van der Waals surface area contributed by atoms with Crippen molar-refractivity contribution in [3.63, 3.8) is 0 Å². The highest BCUT2D eigenvalue weighted by Crippen LogP contribution is 2.21. The van der Waals surface area contributed by atoms with Gasteiger partial charge in [-0.2, -0.15) is 4.98 Å². The van der Waals surface area contributed by atoms with Gasteiger partial charge in [0, 0.05) is 0 Å². The van der Waals surface area contributed by atoms with Crippen LogP contribution < -0.4 is 5.56 Å². The quantitative estimate of drug-likeness (QED) is 0.811. The summed E-state index contributed by atoms with van der Waals surface area (Å²) in [4.78, 5) is 17.1. The molecule has 0 radical (unpaired) electrons. The highest BCUT2D eigenvalue weighted by Gasteiger charge is 2.06. The van der Waals surface area contributed by atoms with Gasteiger partial charge in [0.1, 0.15) is 0 Å². The van der Waals surface area contributed by atoms with E-state index in [1.807, 2.05) is 0 Å². The Morgan fingerprint density at radius 3 is 2.86 bits per heavy atom. The van der Waals surface area contributed by atoms with Crippen LogP contribution in [0.4, 0.5) is 0 Å². The first-order valence-corrected chi connectivity index (χ1v) is 4.50. The first-order valence-electron chi connectivity index (χ1n) is 3.71. The summed E-state index contributed by atoms with van der Waals surface area (Å²) in [5, 5.41) is 9.08. The van der Waals surface area contributed by atoms with E-state index in [0.29, 0.717) is 10.4 Å². The number of aromatic hydroxyl groups is 1. The van der Waals surface area contributed by atoms with Gasteiger partial charge in [-0.3, -0.25) is 4.79 Å². The Bertz CT molecular complexity index is 517. The second-order valence-electron chi connectivity index (χ2n) is 2.56. The topological polar surface area (TPSA) is 79.1 Å². The standard InChI is InChI=1S/C8H5BrN2O3/c9-5-2-1-4(14-5)8-10-6(12)3-7(13)11-8/h1-3H,(H2,10,11,12,13). The van der Waals surface area contributed by atoms with Crippen LogP contribution in [0.5, 0.6) is 5.88 Å². The molecule has 14 heavy (non-hydrogen) atoms. The molecular weight excluding hydrogens is 252 g/mol. The van der Waals surface area contributed by atoms with Crippen LogP contribution in [0.25, 0.3) is 11.6 Å². The molecule has 5 nitrogen and oxygen atoms in total. The third kappa shape index (κ3) is 1.69. The maximum atomic E-state index is 11.0. The zero-order valence-corrected chi connectivity index (χ0v) is 8.41. The molecule has 0 saturated heterocycles. The van der Waals surface area contributed by atoms with Crippen molar-refractivity contribution in [1.82, 2.24) is 9.97 Å². The van der Waals surface area contributed by atoms with Gasteiger partial charge in [-0.1, -0.05) is 0 Å². The van der Waals surface area contributed by atoms with Gasteiger partial charge >= 0.3 is 0 Å². The van der Waals surface area contributed by atoms with Crippen molar-refractivity contribution in [2.45, 2.75) is 0 Å². The average molecular weight is 257 g/mol. The first-order chi connectivity index (χ1) is 6.65. The number of furan rings is 1. The smallest absolute Gasteiger partial charge is 0.255 e. The van der Waals surface area contributed by atoms with Gasteiger partial charge in [-0.15, -0.1) is 0 Å². The summed E-state index contributed by atoms with van der Waals surface area (Å²) >= 11 is 3.12. The fraction of sp³-hybridized carbons (Fsp3) is 0. The molecule has 0 aliphatic carbocycles. The van der Waals surface area contributed by atoms with Crippen LogP contribution in [-0.2, 0) is 0 Å². The van der Waals surface area contributed by atoms with E-state index in [0.717, 1.165) is 6.07 Å². The SMILES string of the molecule is O=c1cc(O)nc(-c2ccc(Br)o2)[nH]1. The minimum absolute atomic E-state index is 0.195. The predicted octanol–water partition coefficient (Wildman–Crippen LogP) is 1.50. The van der Waals surface area contributed by atoms with Crippen LogP contribution in [0.3, 0.4) is 0 Å². The van der Waals surface area contributed by atoms with Crippen LogP contribution in [0.15, 0.2) is 32.1 Å². The number of nitrogens with zero attached hydrogens (tertiary/aromatic N) is 1. The Morgan fingerprint density at radius 1 is 1.50 bits per heavy atom. The van der Waals surface area contributed by atoms with Crippen molar-refractivity contribution in [1.29, 1.82) is 0 Å². The highest BCUT2D eigenvalue weighted by molar-refractivity contribution is 9.10. The number of halogens is 1. The van der Waals surface area contributed by atoms with Crippen LogP contribution in [0.2, 0.25) is 0 Å². The molecule has 0 saturated carbocycles. The van der Waals surface area contributed by atoms with Crippen LogP contribution in [0.1, 0.15) is 0 Å². The molecule has 0 amide bonds. The summed E-state index contributed by atoms with van der Waals surface area (Å²) in [5.74, 6) is 0.238. The lowest BCUT2D eigenvalue weighted by molar-refractivity contribution is 0.450.